The molecule has 2 heteroatoms. The van der Waals surface area contributed by atoms with Crippen LogP contribution in [0.4, 0.5) is 0 Å². The topological polar surface area (TPSA) is 27.0 Å². The maximum absolute atomic E-state index is 9.51. The number of benzene rings is 1. The van der Waals surface area contributed by atoms with E-state index in [1.165, 1.54) is 12.8 Å². The molecule has 116 valence electrons. The molecule has 0 saturated heterocycles. The zero-order valence-electron chi connectivity index (χ0n) is 14.0. The summed E-state index contributed by atoms with van der Waals surface area (Å²) < 4.78 is 0. The van der Waals surface area contributed by atoms with Gasteiger partial charge in [0.2, 0.25) is 0 Å². The Bertz CT molecular complexity index is 405. The van der Waals surface area contributed by atoms with Crippen molar-refractivity contribution in [1.82, 2.24) is 4.90 Å². The molecule has 0 fully saturated rings. The Balaban J connectivity index is 2.66. The van der Waals surface area contributed by atoms with E-state index in [1.807, 2.05) is 18.2 Å². The summed E-state index contributed by atoms with van der Waals surface area (Å²) >= 11 is 0. The van der Waals surface area contributed by atoms with E-state index >= 15 is 0 Å². The van der Waals surface area contributed by atoms with Crippen LogP contribution in [0.3, 0.4) is 0 Å². The van der Waals surface area contributed by atoms with Gasteiger partial charge in [-0.25, -0.2) is 0 Å². The van der Waals surface area contributed by atoms with Gasteiger partial charge in [0.05, 0.1) is 12.0 Å². The van der Waals surface area contributed by atoms with Gasteiger partial charge in [0.15, 0.2) is 0 Å². The average Bonchev–Trinajstić information content (AvgIpc) is 2.47. The molecule has 1 rings (SSSR count). The standard InChI is InChI=1S/C19H30N2/c1-16(2)10-12-21(13-11-17(3)4)15-19(14-20)18-8-6-5-7-9-18/h5-9,16-17,19H,10-13,15H2,1-4H3. The third kappa shape index (κ3) is 7.29. The molecule has 0 aliphatic carbocycles. The molecule has 0 aliphatic rings. The number of nitriles is 1. The van der Waals surface area contributed by atoms with Gasteiger partial charge >= 0.3 is 0 Å². The van der Waals surface area contributed by atoms with Crippen molar-refractivity contribution in [2.45, 2.75) is 46.5 Å². The molecule has 0 aliphatic heterocycles. The fourth-order valence-electron chi connectivity index (χ4n) is 2.34. The highest BCUT2D eigenvalue weighted by atomic mass is 15.1. The molecule has 2 nitrogen and oxygen atoms in total. The predicted octanol–water partition coefficient (Wildman–Crippen LogP) is 4.69. The molecule has 0 saturated carbocycles. The summed E-state index contributed by atoms with van der Waals surface area (Å²) in [5.74, 6) is 1.40. The minimum absolute atomic E-state index is 0.0227. The number of rotatable bonds is 9. The van der Waals surface area contributed by atoms with Crippen LogP contribution in [0.1, 0.15) is 52.0 Å². The Labute approximate surface area is 130 Å². The van der Waals surface area contributed by atoms with Gasteiger partial charge in [-0.15, -0.1) is 0 Å². The fraction of sp³-hybridized carbons (Fsp3) is 0.632. The van der Waals surface area contributed by atoms with E-state index in [9.17, 15) is 5.26 Å². The van der Waals surface area contributed by atoms with Crippen molar-refractivity contribution < 1.29 is 0 Å². The minimum atomic E-state index is -0.0227. The zero-order valence-corrected chi connectivity index (χ0v) is 14.0. The summed E-state index contributed by atoms with van der Waals surface area (Å²) in [6.45, 7) is 12.1. The van der Waals surface area contributed by atoms with Gasteiger partial charge in [-0.3, -0.25) is 0 Å². The molecule has 1 unspecified atom stereocenters. The SMILES string of the molecule is CC(C)CCN(CCC(C)C)CC(C#N)c1ccccc1. The molecule has 0 heterocycles. The number of nitrogens with zero attached hydrogens (tertiary/aromatic N) is 2. The average molecular weight is 286 g/mol. The second-order valence-electron chi connectivity index (χ2n) is 6.76. The molecule has 1 aromatic rings. The van der Waals surface area contributed by atoms with Crippen LogP contribution in [0.2, 0.25) is 0 Å². The molecule has 0 radical (unpaired) electrons. The minimum Gasteiger partial charge on any atom is -0.302 e. The Morgan fingerprint density at radius 1 is 0.952 bits per heavy atom. The Hall–Kier alpha value is -1.33. The van der Waals surface area contributed by atoms with Gasteiger partial charge in [0.25, 0.3) is 0 Å². The van der Waals surface area contributed by atoms with Crippen molar-refractivity contribution in [3.63, 3.8) is 0 Å². The van der Waals surface area contributed by atoms with Crippen LogP contribution in [0.15, 0.2) is 30.3 Å². The summed E-state index contributed by atoms with van der Waals surface area (Å²) in [6, 6.07) is 12.7. The maximum atomic E-state index is 9.51. The Morgan fingerprint density at radius 3 is 1.90 bits per heavy atom. The highest BCUT2D eigenvalue weighted by Crippen LogP contribution is 2.17. The lowest BCUT2D eigenvalue weighted by Gasteiger charge is -2.26. The largest absolute Gasteiger partial charge is 0.302 e. The molecule has 21 heavy (non-hydrogen) atoms. The second-order valence-corrected chi connectivity index (χ2v) is 6.76. The molecule has 0 spiro atoms. The van der Waals surface area contributed by atoms with Gasteiger partial charge in [0.1, 0.15) is 0 Å². The van der Waals surface area contributed by atoms with Crippen molar-refractivity contribution in [1.29, 1.82) is 5.26 Å². The zero-order chi connectivity index (χ0) is 15.7. The monoisotopic (exact) mass is 286 g/mol. The van der Waals surface area contributed by atoms with Crippen molar-refractivity contribution in [2.75, 3.05) is 19.6 Å². The lowest BCUT2D eigenvalue weighted by atomic mass is 9.99. The van der Waals surface area contributed by atoms with Crippen molar-refractivity contribution in [2.24, 2.45) is 11.8 Å². The van der Waals surface area contributed by atoms with Crippen molar-refractivity contribution in [3.8, 4) is 6.07 Å². The Kier molecular flexibility index (Phi) is 8.08. The highest BCUT2D eigenvalue weighted by Gasteiger charge is 2.16. The number of hydrogen-bond donors (Lipinski definition) is 0. The van der Waals surface area contributed by atoms with Gasteiger partial charge in [0, 0.05) is 6.54 Å². The van der Waals surface area contributed by atoms with E-state index in [1.54, 1.807) is 0 Å². The smallest absolute Gasteiger partial charge is 0.0839 e. The molecule has 0 N–H and O–H groups in total. The molecule has 0 bridgehead atoms. The van der Waals surface area contributed by atoms with E-state index in [0.717, 1.165) is 25.2 Å². The van der Waals surface area contributed by atoms with E-state index < -0.39 is 0 Å². The highest BCUT2D eigenvalue weighted by molar-refractivity contribution is 5.25. The molecule has 1 atom stereocenters. The van der Waals surface area contributed by atoms with Crippen LogP contribution >= 0.6 is 0 Å². The molecule has 0 amide bonds. The predicted molar refractivity (Wildman–Crippen MR) is 90.1 cm³/mol. The van der Waals surface area contributed by atoms with E-state index in [-0.39, 0.29) is 5.92 Å². The third-order valence-corrected chi connectivity index (χ3v) is 3.84. The van der Waals surface area contributed by atoms with Gasteiger partial charge in [-0.05, 0) is 43.3 Å². The first kappa shape index (κ1) is 17.7. The van der Waals surface area contributed by atoms with Gasteiger partial charge < -0.3 is 4.90 Å². The first-order valence-corrected chi connectivity index (χ1v) is 8.19. The lowest BCUT2D eigenvalue weighted by Crippen LogP contribution is -2.31. The molecular weight excluding hydrogens is 256 g/mol. The summed E-state index contributed by atoms with van der Waals surface area (Å²) in [5, 5.41) is 9.51. The fourth-order valence-corrected chi connectivity index (χ4v) is 2.34. The van der Waals surface area contributed by atoms with Crippen LogP contribution in [0.25, 0.3) is 0 Å². The first-order chi connectivity index (χ1) is 10.0. The third-order valence-electron chi connectivity index (χ3n) is 3.84. The van der Waals surface area contributed by atoms with Gasteiger partial charge in [-0.1, -0.05) is 58.0 Å². The summed E-state index contributed by atoms with van der Waals surface area (Å²) in [5.41, 5.74) is 1.14. The van der Waals surface area contributed by atoms with Crippen LogP contribution in [-0.4, -0.2) is 24.5 Å². The summed E-state index contributed by atoms with van der Waals surface area (Å²) in [4.78, 5) is 2.47. The first-order valence-electron chi connectivity index (χ1n) is 8.19. The summed E-state index contributed by atoms with van der Waals surface area (Å²) in [7, 11) is 0. The van der Waals surface area contributed by atoms with Crippen molar-refractivity contribution in [3.05, 3.63) is 35.9 Å². The molecule has 1 aromatic carbocycles. The van der Waals surface area contributed by atoms with Crippen LogP contribution < -0.4 is 0 Å². The van der Waals surface area contributed by atoms with Crippen molar-refractivity contribution >= 4 is 0 Å². The molecular formula is C19H30N2. The second kappa shape index (κ2) is 9.58. The Morgan fingerprint density at radius 2 is 1.48 bits per heavy atom. The van der Waals surface area contributed by atoms with Gasteiger partial charge in [-0.2, -0.15) is 5.26 Å². The normalized spacial score (nSPS) is 12.9. The summed E-state index contributed by atoms with van der Waals surface area (Å²) in [6.07, 6.45) is 2.40. The van der Waals surface area contributed by atoms with Crippen LogP contribution in [0, 0.1) is 23.2 Å². The molecule has 0 aromatic heterocycles. The van der Waals surface area contributed by atoms with Crippen LogP contribution in [0.5, 0.6) is 0 Å². The van der Waals surface area contributed by atoms with E-state index in [4.69, 9.17) is 0 Å². The van der Waals surface area contributed by atoms with E-state index in [0.29, 0.717) is 11.8 Å². The van der Waals surface area contributed by atoms with Crippen LogP contribution in [-0.2, 0) is 0 Å². The quantitative estimate of drug-likeness (QED) is 0.658. The van der Waals surface area contributed by atoms with E-state index in [2.05, 4.69) is 50.8 Å². The lowest BCUT2D eigenvalue weighted by molar-refractivity contribution is 0.239. The number of hydrogen-bond acceptors (Lipinski definition) is 2. The maximum Gasteiger partial charge on any atom is 0.0839 e.